The highest BCUT2D eigenvalue weighted by Crippen LogP contribution is 2.20. The first-order valence-corrected chi connectivity index (χ1v) is 9.80. The smallest absolute Gasteiger partial charge is 0.251 e. The van der Waals surface area contributed by atoms with Gasteiger partial charge in [-0.15, -0.1) is 0 Å². The molecule has 27 heavy (non-hydrogen) atoms. The van der Waals surface area contributed by atoms with Gasteiger partial charge in [-0.25, -0.2) is 0 Å². The van der Waals surface area contributed by atoms with E-state index in [0.29, 0.717) is 18.7 Å². The molecule has 3 rings (SSSR count). The number of aromatic nitrogens is 4. The molecular weight excluding hydrogens is 406 g/mol. The Labute approximate surface area is 167 Å². The van der Waals surface area contributed by atoms with Gasteiger partial charge in [0.15, 0.2) is 0 Å². The highest BCUT2D eigenvalue weighted by atomic mass is 79.9. The molecule has 2 heterocycles. The molecule has 0 saturated carbocycles. The van der Waals surface area contributed by atoms with Crippen LogP contribution in [0.15, 0.2) is 41.0 Å². The molecule has 142 valence electrons. The Bertz CT molecular complexity index is 944. The maximum Gasteiger partial charge on any atom is 0.251 e. The number of halogens is 1. The third kappa shape index (κ3) is 4.66. The largest absolute Gasteiger partial charge is 0.352 e. The second kappa shape index (κ2) is 8.52. The van der Waals surface area contributed by atoms with Gasteiger partial charge < -0.3 is 5.32 Å². The third-order valence-corrected chi connectivity index (χ3v) is 5.72. The fourth-order valence-corrected chi connectivity index (χ4v) is 3.26. The second-order valence-corrected chi connectivity index (χ2v) is 7.44. The van der Waals surface area contributed by atoms with E-state index < -0.39 is 0 Å². The van der Waals surface area contributed by atoms with Crippen LogP contribution in [0.5, 0.6) is 0 Å². The van der Waals surface area contributed by atoms with Crippen LogP contribution >= 0.6 is 15.9 Å². The predicted molar refractivity (Wildman–Crippen MR) is 109 cm³/mol. The Morgan fingerprint density at radius 1 is 1.19 bits per heavy atom. The van der Waals surface area contributed by atoms with Crippen molar-refractivity contribution < 1.29 is 4.79 Å². The summed E-state index contributed by atoms with van der Waals surface area (Å²) in [5.41, 5.74) is 4.89. The van der Waals surface area contributed by atoms with Crippen LogP contribution < -0.4 is 5.32 Å². The molecule has 7 heteroatoms. The van der Waals surface area contributed by atoms with Crippen LogP contribution in [-0.4, -0.2) is 32.0 Å². The summed E-state index contributed by atoms with van der Waals surface area (Å²) >= 11 is 3.55. The van der Waals surface area contributed by atoms with E-state index in [9.17, 15) is 4.79 Å². The van der Waals surface area contributed by atoms with Crippen molar-refractivity contribution in [2.24, 2.45) is 0 Å². The van der Waals surface area contributed by atoms with Gasteiger partial charge in [-0.1, -0.05) is 12.1 Å². The predicted octanol–water partition coefficient (Wildman–Crippen LogP) is 3.64. The van der Waals surface area contributed by atoms with Gasteiger partial charge in [0.25, 0.3) is 5.91 Å². The fraction of sp³-hybridized carbons (Fsp3) is 0.350. The summed E-state index contributed by atoms with van der Waals surface area (Å²) in [4.78, 5) is 12.4. The molecule has 3 aromatic rings. The van der Waals surface area contributed by atoms with Gasteiger partial charge in [0.05, 0.1) is 22.4 Å². The van der Waals surface area contributed by atoms with Crippen LogP contribution in [0.2, 0.25) is 0 Å². The third-order valence-electron chi connectivity index (χ3n) is 4.58. The first kappa shape index (κ1) is 19.4. The second-order valence-electron chi connectivity index (χ2n) is 6.65. The van der Waals surface area contributed by atoms with Crippen LogP contribution in [0.1, 0.15) is 39.4 Å². The van der Waals surface area contributed by atoms with Crippen molar-refractivity contribution in [1.29, 1.82) is 0 Å². The molecule has 0 saturated heterocycles. The Hall–Kier alpha value is -2.41. The normalized spacial score (nSPS) is 11.0. The molecule has 1 amide bonds. The van der Waals surface area contributed by atoms with Crippen LogP contribution in [0.3, 0.4) is 0 Å². The molecule has 0 spiro atoms. The van der Waals surface area contributed by atoms with Gasteiger partial charge >= 0.3 is 0 Å². The van der Waals surface area contributed by atoms with E-state index >= 15 is 0 Å². The van der Waals surface area contributed by atoms with Crippen LogP contribution in [0.25, 0.3) is 0 Å². The number of amides is 1. The number of aryl methyl sites for hydroxylation is 3. The molecule has 0 unspecified atom stereocenters. The summed E-state index contributed by atoms with van der Waals surface area (Å²) in [7, 11) is 0. The van der Waals surface area contributed by atoms with Crippen molar-refractivity contribution in [2.45, 2.75) is 40.3 Å². The van der Waals surface area contributed by atoms with Crippen LogP contribution in [0.4, 0.5) is 0 Å². The number of nitrogens with zero attached hydrogens (tertiary/aromatic N) is 4. The summed E-state index contributed by atoms with van der Waals surface area (Å²) in [6.45, 7) is 8.08. The number of nitrogens with one attached hydrogen (secondary N) is 1. The molecule has 0 bridgehead atoms. The van der Waals surface area contributed by atoms with Crippen LogP contribution in [-0.2, 0) is 13.1 Å². The highest BCUT2D eigenvalue weighted by Gasteiger charge is 2.10. The van der Waals surface area contributed by atoms with Gasteiger partial charge in [-0.2, -0.15) is 10.2 Å². The minimum absolute atomic E-state index is 0.0522. The van der Waals surface area contributed by atoms with Gasteiger partial charge in [-0.3, -0.25) is 14.2 Å². The van der Waals surface area contributed by atoms with Crippen molar-refractivity contribution in [3.8, 4) is 0 Å². The standard InChI is InChI=1S/C20H24BrN5O/c1-14-8-10-23-25(14)11-5-9-22-20(27)18-7-4-6-17(12-18)13-26-16(3)19(21)15(2)24-26/h4,6-8,10,12H,5,9,11,13H2,1-3H3,(H,22,27). The number of carbonyl (C=O) groups is 1. The van der Waals surface area contributed by atoms with Crippen molar-refractivity contribution >= 4 is 21.8 Å². The Morgan fingerprint density at radius 2 is 2.00 bits per heavy atom. The Balaban J connectivity index is 1.56. The first-order chi connectivity index (χ1) is 13.0. The van der Waals surface area contributed by atoms with Gasteiger partial charge in [0, 0.05) is 30.5 Å². The molecule has 1 N–H and O–H groups in total. The van der Waals surface area contributed by atoms with E-state index in [0.717, 1.165) is 40.1 Å². The van der Waals surface area contributed by atoms with Crippen molar-refractivity contribution in [3.63, 3.8) is 0 Å². The lowest BCUT2D eigenvalue weighted by molar-refractivity contribution is 0.0952. The minimum Gasteiger partial charge on any atom is -0.352 e. The zero-order valence-electron chi connectivity index (χ0n) is 15.9. The Kier molecular flexibility index (Phi) is 6.11. The average Bonchev–Trinajstić information content (AvgIpc) is 3.17. The van der Waals surface area contributed by atoms with E-state index in [1.54, 1.807) is 6.20 Å². The van der Waals surface area contributed by atoms with Gasteiger partial charge in [0.1, 0.15) is 0 Å². The lowest BCUT2D eigenvalue weighted by Crippen LogP contribution is -2.25. The molecule has 0 fully saturated rings. The quantitative estimate of drug-likeness (QED) is 0.583. The number of hydrogen-bond acceptors (Lipinski definition) is 3. The van der Waals surface area contributed by atoms with Crippen LogP contribution in [0, 0.1) is 20.8 Å². The lowest BCUT2D eigenvalue weighted by Gasteiger charge is -2.09. The maximum atomic E-state index is 12.4. The Morgan fingerprint density at radius 3 is 2.67 bits per heavy atom. The number of benzene rings is 1. The van der Waals surface area contributed by atoms with E-state index in [1.807, 2.05) is 60.5 Å². The fourth-order valence-electron chi connectivity index (χ4n) is 2.98. The summed E-state index contributed by atoms with van der Waals surface area (Å²) in [5.74, 6) is -0.0522. The van der Waals surface area contributed by atoms with Crippen molar-refractivity contribution in [3.05, 3.63) is 69.2 Å². The molecule has 0 atom stereocenters. The van der Waals surface area contributed by atoms with E-state index in [1.165, 1.54) is 0 Å². The summed E-state index contributed by atoms with van der Waals surface area (Å²) < 4.78 is 4.92. The minimum atomic E-state index is -0.0522. The summed E-state index contributed by atoms with van der Waals surface area (Å²) in [5, 5.41) is 11.8. The van der Waals surface area contributed by atoms with E-state index in [2.05, 4.69) is 31.4 Å². The molecule has 0 aliphatic heterocycles. The molecule has 1 aromatic carbocycles. The van der Waals surface area contributed by atoms with E-state index in [-0.39, 0.29) is 5.91 Å². The van der Waals surface area contributed by atoms with E-state index in [4.69, 9.17) is 0 Å². The van der Waals surface area contributed by atoms with Crippen molar-refractivity contribution in [1.82, 2.24) is 24.9 Å². The molecule has 2 aromatic heterocycles. The number of hydrogen-bond donors (Lipinski definition) is 1. The zero-order chi connectivity index (χ0) is 19.4. The average molecular weight is 430 g/mol. The zero-order valence-corrected chi connectivity index (χ0v) is 17.5. The highest BCUT2D eigenvalue weighted by molar-refractivity contribution is 9.10. The first-order valence-electron chi connectivity index (χ1n) is 9.01. The monoisotopic (exact) mass is 429 g/mol. The lowest BCUT2D eigenvalue weighted by atomic mass is 10.1. The summed E-state index contributed by atoms with van der Waals surface area (Å²) in [6.07, 6.45) is 2.63. The molecule has 0 radical (unpaired) electrons. The molecule has 0 aliphatic carbocycles. The maximum absolute atomic E-state index is 12.4. The number of rotatable bonds is 7. The van der Waals surface area contributed by atoms with Gasteiger partial charge in [0.2, 0.25) is 0 Å². The molecule has 6 nitrogen and oxygen atoms in total. The topological polar surface area (TPSA) is 64.7 Å². The summed E-state index contributed by atoms with van der Waals surface area (Å²) in [6, 6.07) is 9.68. The SMILES string of the molecule is Cc1nn(Cc2cccc(C(=O)NCCCn3nccc3C)c2)c(C)c1Br. The molecular formula is C20H24BrN5O. The van der Waals surface area contributed by atoms with Gasteiger partial charge in [-0.05, 0) is 66.9 Å². The number of carbonyl (C=O) groups excluding carboxylic acids is 1. The van der Waals surface area contributed by atoms with Crippen molar-refractivity contribution in [2.75, 3.05) is 6.54 Å². The molecule has 0 aliphatic rings.